The zero-order valence-corrected chi connectivity index (χ0v) is 17.2. The average Bonchev–Trinajstić information content (AvgIpc) is 3.09. The normalized spacial score (nSPS) is 21.2. The number of pyridine rings is 1. The summed E-state index contributed by atoms with van der Waals surface area (Å²) >= 11 is 6.23. The van der Waals surface area contributed by atoms with Gasteiger partial charge in [-0.2, -0.15) is 0 Å². The van der Waals surface area contributed by atoms with Crippen LogP contribution in [0.15, 0.2) is 36.4 Å². The van der Waals surface area contributed by atoms with Crippen molar-refractivity contribution in [2.24, 2.45) is 0 Å². The molecule has 0 unspecified atom stereocenters. The fraction of sp³-hybridized carbons (Fsp3) is 0.409. The van der Waals surface area contributed by atoms with Gasteiger partial charge in [0.05, 0.1) is 19.3 Å². The Labute approximate surface area is 175 Å². The van der Waals surface area contributed by atoms with Crippen molar-refractivity contribution in [2.75, 3.05) is 7.11 Å². The second-order valence-corrected chi connectivity index (χ2v) is 8.28. The Balaban J connectivity index is 1.40. The number of benzene rings is 1. The Morgan fingerprint density at radius 3 is 2.69 bits per heavy atom. The van der Waals surface area contributed by atoms with Crippen LogP contribution in [-0.2, 0) is 13.1 Å². The number of aromatic nitrogens is 4. The molecule has 1 aliphatic carbocycles. The van der Waals surface area contributed by atoms with E-state index in [0.717, 1.165) is 60.3 Å². The van der Waals surface area contributed by atoms with Gasteiger partial charge in [-0.25, -0.2) is 4.98 Å². The SMILES string of the molecule is COc1cccc([C@H]2CC[C@H](c3nnc4n3-c3ccc(Cl)cc3CNC4)CC2)n1. The zero-order chi connectivity index (χ0) is 19.8. The highest BCUT2D eigenvalue weighted by atomic mass is 35.5. The van der Waals surface area contributed by atoms with Gasteiger partial charge in [-0.1, -0.05) is 17.7 Å². The molecule has 6 nitrogen and oxygen atoms in total. The van der Waals surface area contributed by atoms with E-state index in [-0.39, 0.29) is 0 Å². The summed E-state index contributed by atoms with van der Waals surface area (Å²) in [4.78, 5) is 4.65. The lowest BCUT2D eigenvalue weighted by molar-refractivity contribution is 0.366. The zero-order valence-electron chi connectivity index (χ0n) is 16.4. The molecule has 0 spiro atoms. The van der Waals surface area contributed by atoms with Crippen molar-refractivity contribution >= 4 is 11.6 Å². The minimum absolute atomic E-state index is 0.403. The highest BCUT2D eigenvalue weighted by Gasteiger charge is 2.30. The molecular weight excluding hydrogens is 386 g/mol. The van der Waals surface area contributed by atoms with E-state index in [1.807, 2.05) is 24.3 Å². The summed E-state index contributed by atoms with van der Waals surface area (Å²) in [6.07, 6.45) is 4.35. The van der Waals surface area contributed by atoms with Crippen LogP contribution in [0.5, 0.6) is 5.88 Å². The molecular formula is C22H24ClN5O. The Morgan fingerprint density at radius 2 is 1.86 bits per heavy atom. The van der Waals surface area contributed by atoms with E-state index >= 15 is 0 Å². The van der Waals surface area contributed by atoms with E-state index in [4.69, 9.17) is 16.3 Å². The first kappa shape index (κ1) is 18.6. The lowest BCUT2D eigenvalue weighted by atomic mass is 9.80. The maximum atomic E-state index is 6.23. The first-order valence-corrected chi connectivity index (χ1v) is 10.6. The third-order valence-corrected chi connectivity index (χ3v) is 6.34. The monoisotopic (exact) mass is 409 g/mol. The van der Waals surface area contributed by atoms with Crippen molar-refractivity contribution in [3.8, 4) is 11.6 Å². The number of halogens is 1. The number of nitrogens with one attached hydrogen (secondary N) is 1. The molecule has 1 fully saturated rings. The molecule has 0 amide bonds. The molecule has 0 radical (unpaired) electrons. The molecule has 1 N–H and O–H groups in total. The van der Waals surface area contributed by atoms with Crippen LogP contribution in [0.2, 0.25) is 5.02 Å². The van der Waals surface area contributed by atoms with Gasteiger partial charge in [-0.15, -0.1) is 10.2 Å². The van der Waals surface area contributed by atoms with Crippen LogP contribution in [0.3, 0.4) is 0 Å². The minimum Gasteiger partial charge on any atom is -0.481 e. The maximum Gasteiger partial charge on any atom is 0.213 e. The number of ether oxygens (including phenoxy) is 1. The summed E-state index contributed by atoms with van der Waals surface area (Å²) in [7, 11) is 1.67. The average molecular weight is 410 g/mol. The minimum atomic E-state index is 0.403. The Kier molecular flexibility index (Phi) is 4.97. The maximum absolute atomic E-state index is 6.23. The Bertz CT molecular complexity index is 1030. The van der Waals surface area contributed by atoms with Gasteiger partial charge in [0, 0.05) is 35.2 Å². The van der Waals surface area contributed by atoms with Crippen molar-refractivity contribution in [1.29, 1.82) is 0 Å². The number of methoxy groups -OCH3 is 1. The molecule has 1 aliphatic heterocycles. The van der Waals surface area contributed by atoms with E-state index in [1.54, 1.807) is 7.11 Å². The predicted octanol–water partition coefficient (Wildman–Crippen LogP) is 4.37. The summed E-state index contributed by atoms with van der Waals surface area (Å²) < 4.78 is 7.54. The fourth-order valence-electron chi connectivity index (χ4n) is 4.61. The molecule has 0 bridgehead atoms. The molecule has 7 heteroatoms. The van der Waals surface area contributed by atoms with Gasteiger partial charge in [0.2, 0.25) is 5.88 Å². The van der Waals surface area contributed by atoms with Crippen LogP contribution in [0.1, 0.15) is 60.4 Å². The first-order valence-electron chi connectivity index (χ1n) is 10.2. The quantitative estimate of drug-likeness (QED) is 0.695. The molecule has 3 aromatic rings. The third-order valence-electron chi connectivity index (χ3n) is 6.10. The van der Waals surface area contributed by atoms with Crippen LogP contribution < -0.4 is 10.1 Å². The van der Waals surface area contributed by atoms with E-state index in [9.17, 15) is 0 Å². The van der Waals surface area contributed by atoms with Crippen LogP contribution in [0.25, 0.3) is 5.69 Å². The Morgan fingerprint density at radius 1 is 1.03 bits per heavy atom. The lowest BCUT2D eigenvalue weighted by Gasteiger charge is -2.28. The highest BCUT2D eigenvalue weighted by molar-refractivity contribution is 6.30. The van der Waals surface area contributed by atoms with Crippen LogP contribution >= 0.6 is 11.6 Å². The molecule has 1 saturated carbocycles. The lowest BCUT2D eigenvalue weighted by Crippen LogP contribution is -2.17. The number of rotatable bonds is 3. The summed E-state index contributed by atoms with van der Waals surface area (Å²) in [6, 6.07) is 12.1. The van der Waals surface area contributed by atoms with E-state index in [2.05, 4.69) is 37.2 Å². The van der Waals surface area contributed by atoms with Crippen LogP contribution in [-0.4, -0.2) is 26.9 Å². The largest absolute Gasteiger partial charge is 0.481 e. The molecule has 0 saturated heterocycles. The molecule has 29 heavy (non-hydrogen) atoms. The number of fused-ring (bicyclic) bond motifs is 3. The molecule has 0 atom stereocenters. The summed E-state index contributed by atoms with van der Waals surface area (Å²) in [6.45, 7) is 1.50. The van der Waals surface area contributed by atoms with Gasteiger partial charge in [-0.3, -0.25) is 4.57 Å². The van der Waals surface area contributed by atoms with Gasteiger partial charge in [-0.05, 0) is 55.5 Å². The third kappa shape index (κ3) is 3.51. The number of hydrogen-bond acceptors (Lipinski definition) is 5. The van der Waals surface area contributed by atoms with Crippen LogP contribution in [0.4, 0.5) is 0 Å². The molecule has 5 rings (SSSR count). The van der Waals surface area contributed by atoms with Crippen molar-refractivity contribution in [2.45, 2.75) is 50.6 Å². The van der Waals surface area contributed by atoms with E-state index in [1.165, 1.54) is 5.56 Å². The molecule has 1 aromatic carbocycles. The molecule has 2 aromatic heterocycles. The topological polar surface area (TPSA) is 64.9 Å². The molecule has 150 valence electrons. The second-order valence-electron chi connectivity index (χ2n) is 7.84. The highest BCUT2D eigenvalue weighted by Crippen LogP contribution is 2.41. The van der Waals surface area contributed by atoms with E-state index < -0.39 is 0 Å². The van der Waals surface area contributed by atoms with E-state index in [0.29, 0.717) is 24.3 Å². The van der Waals surface area contributed by atoms with Crippen molar-refractivity contribution in [1.82, 2.24) is 25.1 Å². The van der Waals surface area contributed by atoms with Crippen molar-refractivity contribution in [3.63, 3.8) is 0 Å². The van der Waals surface area contributed by atoms with Crippen molar-refractivity contribution < 1.29 is 4.74 Å². The standard InChI is InChI=1S/C22H24ClN5O/c1-29-21-4-2-3-18(25-21)14-5-7-15(8-6-14)22-27-26-20-13-24-12-16-11-17(23)9-10-19(16)28(20)22/h2-4,9-11,14-15,24H,5-8,12-13H2,1H3/t14-,15-. The Hall–Kier alpha value is -2.44. The smallest absolute Gasteiger partial charge is 0.213 e. The summed E-state index contributed by atoms with van der Waals surface area (Å²) in [5.41, 5.74) is 3.46. The second kappa shape index (κ2) is 7.76. The van der Waals surface area contributed by atoms with Gasteiger partial charge < -0.3 is 10.1 Å². The summed E-state index contributed by atoms with van der Waals surface area (Å²) in [5, 5.41) is 13.3. The number of nitrogens with zero attached hydrogens (tertiary/aromatic N) is 4. The number of hydrogen-bond donors (Lipinski definition) is 1. The molecule has 3 heterocycles. The van der Waals surface area contributed by atoms with Crippen LogP contribution in [0, 0.1) is 0 Å². The van der Waals surface area contributed by atoms with Crippen molar-refractivity contribution in [3.05, 3.63) is 64.3 Å². The van der Waals surface area contributed by atoms with Gasteiger partial charge in [0.15, 0.2) is 5.82 Å². The first-order chi connectivity index (χ1) is 14.2. The molecule has 2 aliphatic rings. The van der Waals surface area contributed by atoms with Gasteiger partial charge in [0.1, 0.15) is 5.82 Å². The fourth-order valence-corrected chi connectivity index (χ4v) is 4.81. The van der Waals surface area contributed by atoms with Gasteiger partial charge >= 0.3 is 0 Å². The summed E-state index contributed by atoms with van der Waals surface area (Å²) in [5.74, 6) is 3.61. The van der Waals surface area contributed by atoms with Gasteiger partial charge in [0.25, 0.3) is 0 Å². The predicted molar refractivity (Wildman–Crippen MR) is 112 cm³/mol.